The van der Waals surface area contributed by atoms with Gasteiger partial charge in [-0.25, -0.2) is 4.79 Å². The Morgan fingerprint density at radius 3 is 2.21 bits per heavy atom. The fraction of sp³-hybridized carbons (Fsp3) is 0.524. The Kier molecular flexibility index (Phi) is 7.72. The standard InChI is InChI=1S/C21H28N2O5/c1-4-5-8-11-22-18(24)13-28-21(27)17(12-14(2)3)23-19(25)15-9-6-7-10-16(15)20(23)26/h6-7,9-10,14,17H,4-5,8,11-13H2,1-3H3,(H,22,24)/t17-/m0/s1. The topological polar surface area (TPSA) is 92.8 Å². The van der Waals surface area contributed by atoms with Crippen LogP contribution < -0.4 is 5.32 Å². The number of fused-ring (bicyclic) bond motifs is 1. The Morgan fingerprint density at radius 2 is 1.68 bits per heavy atom. The number of hydrogen-bond donors (Lipinski definition) is 1. The minimum absolute atomic E-state index is 0.0460. The number of carbonyl (C=O) groups is 4. The van der Waals surface area contributed by atoms with Gasteiger partial charge in [-0.05, 0) is 30.9 Å². The largest absolute Gasteiger partial charge is 0.454 e. The first-order valence-corrected chi connectivity index (χ1v) is 9.77. The number of hydrogen-bond acceptors (Lipinski definition) is 5. The van der Waals surface area contributed by atoms with Crippen LogP contribution in [0.5, 0.6) is 0 Å². The number of nitrogens with one attached hydrogen (secondary N) is 1. The van der Waals surface area contributed by atoms with Gasteiger partial charge in [0.25, 0.3) is 17.7 Å². The second-order valence-electron chi connectivity index (χ2n) is 7.34. The molecular weight excluding hydrogens is 360 g/mol. The Hall–Kier alpha value is -2.70. The third-order valence-electron chi connectivity index (χ3n) is 4.55. The normalized spacial score (nSPS) is 14.2. The van der Waals surface area contributed by atoms with Crippen molar-refractivity contribution in [2.24, 2.45) is 5.92 Å². The molecule has 1 N–H and O–H groups in total. The van der Waals surface area contributed by atoms with Gasteiger partial charge in [0.1, 0.15) is 6.04 Å². The van der Waals surface area contributed by atoms with Gasteiger partial charge in [0.2, 0.25) is 0 Å². The summed E-state index contributed by atoms with van der Waals surface area (Å²) in [4.78, 5) is 50.8. The van der Waals surface area contributed by atoms with Crippen molar-refractivity contribution >= 4 is 23.7 Å². The van der Waals surface area contributed by atoms with Crippen molar-refractivity contribution in [3.05, 3.63) is 35.4 Å². The average molecular weight is 388 g/mol. The molecule has 3 amide bonds. The molecule has 0 aliphatic carbocycles. The van der Waals surface area contributed by atoms with E-state index < -0.39 is 36.3 Å². The van der Waals surface area contributed by atoms with Gasteiger partial charge in [0.05, 0.1) is 11.1 Å². The number of carbonyl (C=O) groups excluding carboxylic acids is 4. The molecule has 0 bridgehead atoms. The highest BCUT2D eigenvalue weighted by Gasteiger charge is 2.43. The summed E-state index contributed by atoms with van der Waals surface area (Å²) < 4.78 is 5.13. The van der Waals surface area contributed by atoms with E-state index in [4.69, 9.17) is 4.74 Å². The van der Waals surface area contributed by atoms with Crippen LogP contribution in [0.15, 0.2) is 24.3 Å². The summed E-state index contributed by atoms with van der Waals surface area (Å²) in [5.74, 6) is -2.11. The number of esters is 1. The average Bonchev–Trinajstić information content (AvgIpc) is 2.92. The lowest BCUT2D eigenvalue weighted by Crippen LogP contribution is -2.47. The lowest BCUT2D eigenvalue weighted by Gasteiger charge is -2.25. The second-order valence-corrected chi connectivity index (χ2v) is 7.34. The maximum Gasteiger partial charge on any atom is 0.329 e. The molecule has 0 saturated carbocycles. The van der Waals surface area contributed by atoms with Crippen LogP contribution in [0.1, 0.15) is 67.2 Å². The van der Waals surface area contributed by atoms with Gasteiger partial charge >= 0.3 is 5.97 Å². The third kappa shape index (κ3) is 5.18. The van der Waals surface area contributed by atoms with Gasteiger partial charge in [0.15, 0.2) is 6.61 Å². The second kappa shape index (κ2) is 10.0. The first-order chi connectivity index (χ1) is 13.4. The summed E-state index contributed by atoms with van der Waals surface area (Å²) >= 11 is 0. The van der Waals surface area contributed by atoms with Crippen molar-refractivity contribution in [2.75, 3.05) is 13.2 Å². The van der Waals surface area contributed by atoms with Crippen LogP contribution in [0.4, 0.5) is 0 Å². The Morgan fingerprint density at radius 1 is 1.07 bits per heavy atom. The van der Waals surface area contributed by atoms with Crippen LogP contribution in [0.2, 0.25) is 0 Å². The number of benzene rings is 1. The molecule has 1 atom stereocenters. The molecule has 0 radical (unpaired) electrons. The number of ether oxygens (including phenoxy) is 1. The van der Waals surface area contributed by atoms with E-state index in [1.807, 2.05) is 13.8 Å². The van der Waals surface area contributed by atoms with E-state index in [1.54, 1.807) is 24.3 Å². The molecule has 0 unspecified atom stereocenters. The molecule has 0 spiro atoms. The number of imide groups is 1. The predicted octanol–water partition coefficient (Wildman–Crippen LogP) is 2.55. The maximum absolute atomic E-state index is 12.7. The molecule has 7 nitrogen and oxygen atoms in total. The van der Waals surface area contributed by atoms with Gasteiger partial charge in [-0.1, -0.05) is 45.7 Å². The summed E-state index contributed by atoms with van der Waals surface area (Å²) in [6.07, 6.45) is 3.18. The van der Waals surface area contributed by atoms with Gasteiger partial charge in [-0.3, -0.25) is 19.3 Å². The van der Waals surface area contributed by atoms with E-state index in [0.717, 1.165) is 24.2 Å². The van der Waals surface area contributed by atoms with E-state index in [9.17, 15) is 19.2 Å². The summed E-state index contributed by atoms with van der Waals surface area (Å²) in [6, 6.07) is 5.42. The van der Waals surface area contributed by atoms with E-state index >= 15 is 0 Å². The fourth-order valence-electron chi connectivity index (χ4n) is 3.13. The predicted molar refractivity (Wildman–Crippen MR) is 104 cm³/mol. The first-order valence-electron chi connectivity index (χ1n) is 9.77. The van der Waals surface area contributed by atoms with Crippen LogP contribution in [-0.4, -0.2) is 47.8 Å². The summed E-state index contributed by atoms with van der Waals surface area (Å²) in [7, 11) is 0. The van der Waals surface area contributed by atoms with Crippen molar-refractivity contribution in [1.82, 2.24) is 10.2 Å². The van der Waals surface area contributed by atoms with Crippen LogP contribution in [0.3, 0.4) is 0 Å². The van der Waals surface area contributed by atoms with Crippen molar-refractivity contribution < 1.29 is 23.9 Å². The molecule has 1 aliphatic rings. The molecule has 1 heterocycles. The van der Waals surface area contributed by atoms with E-state index in [-0.39, 0.29) is 23.5 Å². The van der Waals surface area contributed by atoms with Gasteiger partial charge in [0, 0.05) is 6.54 Å². The summed E-state index contributed by atoms with van der Waals surface area (Å²) in [5.41, 5.74) is 0.561. The van der Waals surface area contributed by atoms with E-state index in [2.05, 4.69) is 12.2 Å². The number of nitrogens with zero attached hydrogens (tertiary/aromatic N) is 1. The molecule has 28 heavy (non-hydrogen) atoms. The SMILES string of the molecule is CCCCCNC(=O)COC(=O)[C@H](CC(C)C)N1C(=O)c2ccccc2C1=O. The molecule has 0 fully saturated rings. The molecule has 1 aromatic rings. The zero-order valence-corrected chi connectivity index (χ0v) is 16.7. The molecule has 0 saturated heterocycles. The van der Waals surface area contributed by atoms with Crippen LogP contribution in [0, 0.1) is 5.92 Å². The van der Waals surface area contributed by atoms with Crippen LogP contribution in [0.25, 0.3) is 0 Å². The Labute approximate surface area is 165 Å². The van der Waals surface area contributed by atoms with Crippen molar-refractivity contribution in [1.29, 1.82) is 0 Å². The molecule has 2 rings (SSSR count). The molecule has 1 aliphatic heterocycles. The minimum Gasteiger partial charge on any atom is -0.454 e. The van der Waals surface area contributed by atoms with Gasteiger partial charge in [-0.15, -0.1) is 0 Å². The summed E-state index contributed by atoms with van der Waals surface area (Å²) in [5, 5.41) is 2.69. The van der Waals surface area contributed by atoms with Gasteiger partial charge < -0.3 is 10.1 Å². The van der Waals surface area contributed by atoms with Crippen molar-refractivity contribution in [3.8, 4) is 0 Å². The lowest BCUT2D eigenvalue weighted by atomic mass is 10.0. The minimum atomic E-state index is -1.06. The third-order valence-corrected chi connectivity index (χ3v) is 4.55. The maximum atomic E-state index is 12.7. The molecule has 152 valence electrons. The quantitative estimate of drug-likeness (QED) is 0.378. The monoisotopic (exact) mass is 388 g/mol. The highest BCUT2D eigenvalue weighted by atomic mass is 16.5. The molecular formula is C21H28N2O5. The number of unbranched alkanes of at least 4 members (excludes halogenated alkanes) is 2. The smallest absolute Gasteiger partial charge is 0.329 e. The van der Waals surface area contributed by atoms with Gasteiger partial charge in [-0.2, -0.15) is 0 Å². The fourth-order valence-corrected chi connectivity index (χ4v) is 3.13. The first kappa shape index (κ1) is 21.6. The zero-order valence-electron chi connectivity index (χ0n) is 16.7. The number of rotatable bonds is 10. The molecule has 7 heteroatoms. The Balaban J connectivity index is 2.04. The molecule has 0 aromatic heterocycles. The van der Waals surface area contributed by atoms with Crippen molar-refractivity contribution in [2.45, 2.75) is 52.5 Å². The zero-order chi connectivity index (χ0) is 20.7. The summed E-state index contributed by atoms with van der Waals surface area (Å²) in [6.45, 7) is 5.94. The van der Waals surface area contributed by atoms with E-state index in [0.29, 0.717) is 6.54 Å². The molecule has 1 aromatic carbocycles. The van der Waals surface area contributed by atoms with Crippen LogP contribution >= 0.6 is 0 Å². The van der Waals surface area contributed by atoms with E-state index in [1.165, 1.54) is 0 Å². The Bertz CT molecular complexity index is 709. The highest BCUT2D eigenvalue weighted by Crippen LogP contribution is 2.27. The van der Waals surface area contributed by atoms with Crippen LogP contribution in [-0.2, 0) is 14.3 Å². The van der Waals surface area contributed by atoms with Crippen molar-refractivity contribution in [3.63, 3.8) is 0 Å². The highest BCUT2D eigenvalue weighted by molar-refractivity contribution is 6.22. The number of amides is 3. The lowest BCUT2D eigenvalue weighted by molar-refractivity contribution is -0.152.